The first kappa shape index (κ1) is 9.09. The molecule has 0 saturated heterocycles. The SMILES string of the molecule is N#Cc1c(-c2ccc[nH]2)cc(N)[nH]c1=O. The number of aromatic nitrogens is 2. The van der Waals surface area contributed by atoms with Crippen molar-refractivity contribution >= 4 is 5.82 Å². The van der Waals surface area contributed by atoms with Crippen LogP contribution in [0.3, 0.4) is 0 Å². The number of nitriles is 1. The molecule has 0 saturated carbocycles. The first-order valence-electron chi connectivity index (χ1n) is 4.29. The van der Waals surface area contributed by atoms with Crippen LogP contribution in [0.4, 0.5) is 5.82 Å². The first-order valence-corrected chi connectivity index (χ1v) is 4.29. The lowest BCUT2D eigenvalue weighted by Crippen LogP contribution is -2.13. The topological polar surface area (TPSA) is 98.5 Å². The third-order valence-corrected chi connectivity index (χ3v) is 2.05. The van der Waals surface area contributed by atoms with Gasteiger partial charge in [0.05, 0.1) is 0 Å². The maximum absolute atomic E-state index is 11.4. The van der Waals surface area contributed by atoms with Gasteiger partial charge in [-0.1, -0.05) is 0 Å². The molecule has 2 rings (SSSR count). The van der Waals surface area contributed by atoms with E-state index in [9.17, 15) is 4.79 Å². The molecule has 2 heterocycles. The van der Waals surface area contributed by atoms with Crippen molar-refractivity contribution < 1.29 is 0 Å². The summed E-state index contributed by atoms with van der Waals surface area (Å²) in [5, 5.41) is 8.86. The Balaban J connectivity index is 2.77. The number of nitrogens with two attached hydrogens (primary N) is 1. The molecule has 2 aromatic rings. The lowest BCUT2D eigenvalue weighted by Gasteiger charge is -2.01. The minimum atomic E-state index is -0.470. The summed E-state index contributed by atoms with van der Waals surface area (Å²) < 4.78 is 0. The highest BCUT2D eigenvalue weighted by Gasteiger charge is 2.10. The minimum Gasteiger partial charge on any atom is -0.385 e. The molecule has 74 valence electrons. The predicted octanol–water partition coefficient (Wildman–Crippen LogP) is 0.824. The van der Waals surface area contributed by atoms with E-state index in [2.05, 4.69) is 9.97 Å². The standard InChI is InChI=1S/C10H8N4O/c11-5-7-6(8-2-1-3-13-8)4-9(12)14-10(7)15/h1-4,13H,(H3,12,14,15). The molecule has 0 amide bonds. The Hall–Kier alpha value is -2.48. The van der Waals surface area contributed by atoms with Gasteiger partial charge < -0.3 is 15.7 Å². The third-order valence-electron chi connectivity index (χ3n) is 2.05. The summed E-state index contributed by atoms with van der Waals surface area (Å²) in [5.74, 6) is 0.239. The van der Waals surface area contributed by atoms with Crippen LogP contribution in [0.15, 0.2) is 29.2 Å². The molecule has 0 aliphatic rings. The molecule has 4 N–H and O–H groups in total. The van der Waals surface area contributed by atoms with E-state index < -0.39 is 5.56 Å². The molecule has 15 heavy (non-hydrogen) atoms. The number of pyridine rings is 1. The summed E-state index contributed by atoms with van der Waals surface area (Å²) in [6.45, 7) is 0. The maximum Gasteiger partial charge on any atom is 0.268 e. The zero-order valence-electron chi connectivity index (χ0n) is 7.74. The quantitative estimate of drug-likeness (QED) is 0.635. The zero-order chi connectivity index (χ0) is 10.8. The van der Waals surface area contributed by atoms with Crippen molar-refractivity contribution in [3.63, 3.8) is 0 Å². The van der Waals surface area contributed by atoms with Crippen LogP contribution in [-0.4, -0.2) is 9.97 Å². The number of nitrogens with one attached hydrogen (secondary N) is 2. The van der Waals surface area contributed by atoms with Gasteiger partial charge in [-0.05, 0) is 18.2 Å². The molecule has 0 aliphatic carbocycles. The highest BCUT2D eigenvalue weighted by atomic mass is 16.1. The van der Waals surface area contributed by atoms with Gasteiger partial charge in [-0.3, -0.25) is 4.79 Å². The number of hydrogen-bond donors (Lipinski definition) is 3. The number of hydrogen-bond acceptors (Lipinski definition) is 3. The zero-order valence-corrected chi connectivity index (χ0v) is 7.74. The maximum atomic E-state index is 11.4. The number of rotatable bonds is 1. The van der Waals surface area contributed by atoms with Crippen molar-refractivity contribution in [3.05, 3.63) is 40.3 Å². The van der Waals surface area contributed by atoms with E-state index in [4.69, 9.17) is 11.0 Å². The average molecular weight is 200 g/mol. The Morgan fingerprint density at radius 2 is 2.27 bits per heavy atom. The lowest BCUT2D eigenvalue weighted by molar-refractivity contribution is 1.22. The number of anilines is 1. The third kappa shape index (κ3) is 1.48. The molecule has 0 atom stereocenters. The molecule has 0 unspecified atom stereocenters. The van der Waals surface area contributed by atoms with Crippen LogP contribution in [0.5, 0.6) is 0 Å². The highest BCUT2D eigenvalue weighted by molar-refractivity contribution is 5.69. The lowest BCUT2D eigenvalue weighted by atomic mass is 10.1. The summed E-state index contributed by atoms with van der Waals surface area (Å²) in [4.78, 5) is 16.7. The summed E-state index contributed by atoms with van der Waals surface area (Å²) in [6.07, 6.45) is 1.72. The number of H-pyrrole nitrogens is 2. The average Bonchev–Trinajstić information content (AvgIpc) is 2.69. The van der Waals surface area contributed by atoms with Crippen molar-refractivity contribution in [1.29, 1.82) is 5.26 Å². The van der Waals surface area contributed by atoms with Gasteiger partial charge in [0.2, 0.25) is 0 Å². The molecular weight excluding hydrogens is 192 g/mol. The molecular formula is C10H8N4O. The summed E-state index contributed by atoms with van der Waals surface area (Å²) in [6, 6.07) is 6.98. The fourth-order valence-electron chi connectivity index (χ4n) is 1.40. The Bertz CT molecular complexity index is 574. The van der Waals surface area contributed by atoms with Gasteiger partial charge in [0, 0.05) is 17.5 Å². The molecule has 0 aliphatic heterocycles. The van der Waals surface area contributed by atoms with Crippen LogP contribution in [0.1, 0.15) is 5.56 Å². The monoisotopic (exact) mass is 200 g/mol. The van der Waals surface area contributed by atoms with Crippen LogP contribution in [0.2, 0.25) is 0 Å². The molecule has 5 nitrogen and oxygen atoms in total. The molecule has 0 radical (unpaired) electrons. The van der Waals surface area contributed by atoms with Crippen molar-refractivity contribution in [2.45, 2.75) is 0 Å². The predicted molar refractivity (Wildman–Crippen MR) is 56.0 cm³/mol. The highest BCUT2D eigenvalue weighted by Crippen LogP contribution is 2.20. The second-order valence-electron chi connectivity index (χ2n) is 3.04. The minimum absolute atomic E-state index is 0.0617. The normalized spacial score (nSPS) is 9.80. The fourth-order valence-corrected chi connectivity index (χ4v) is 1.40. The van der Waals surface area contributed by atoms with Gasteiger partial charge in [0.15, 0.2) is 0 Å². The molecule has 2 aromatic heterocycles. The number of aromatic amines is 2. The second kappa shape index (κ2) is 3.35. The van der Waals surface area contributed by atoms with E-state index in [1.54, 1.807) is 24.4 Å². The molecule has 0 spiro atoms. The Labute approximate surface area is 85.2 Å². The van der Waals surface area contributed by atoms with Crippen LogP contribution < -0.4 is 11.3 Å². The summed E-state index contributed by atoms with van der Waals surface area (Å²) >= 11 is 0. The van der Waals surface area contributed by atoms with Crippen LogP contribution in [-0.2, 0) is 0 Å². The van der Waals surface area contributed by atoms with E-state index >= 15 is 0 Å². The molecule has 0 fully saturated rings. The smallest absolute Gasteiger partial charge is 0.268 e. The Kier molecular flexibility index (Phi) is 2.03. The van der Waals surface area contributed by atoms with Crippen molar-refractivity contribution in [3.8, 4) is 17.3 Å². The molecule has 0 bridgehead atoms. The van der Waals surface area contributed by atoms with E-state index in [1.165, 1.54) is 0 Å². The van der Waals surface area contributed by atoms with Gasteiger partial charge in [0.1, 0.15) is 17.5 Å². The van der Waals surface area contributed by atoms with Crippen LogP contribution in [0, 0.1) is 11.3 Å². The van der Waals surface area contributed by atoms with Gasteiger partial charge in [-0.25, -0.2) is 0 Å². The van der Waals surface area contributed by atoms with Gasteiger partial charge in [-0.2, -0.15) is 5.26 Å². The second-order valence-corrected chi connectivity index (χ2v) is 3.04. The summed E-state index contributed by atoms with van der Waals surface area (Å²) in [5.41, 5.74) is 6.32. The largest absolute Gasteiger partial charge is 0.385 e. The van der Waals surface area contributed by atoms with Gasteiger partial charge in [0.25, 0.3) is 5.56 Å². The van der Waals surface area contributed by atoms with E-state index in [0.717, 1.165) is 0 Å². The van der Waals surface area contributed by atoms with Crippen molar-refractivity contribution in [2.75, 3.05) is 5.73 Å². The summed E-state index contributed by atoms with van der Waals surface area (Å²) in [7, 11) is 0. The fraction of sp³-hybridized carbons (Fsp3) is 0. The number of nitrogens with zero attached hydrogens (tertiary/aromatic N) is 1. The van der Waals surface area contributed by atoms with Crippen LogP contribution in [0.25, 0.3) is 11.3 Å². The number of nitrogen functional groups attached to an aromatic ring is 1. The first-order chi connectivity index (χ1) is 7.22. The van der Waals surface area contributed by atoms with Gasteiger partial charge >= 0.3 is 0 Å². The molecule has 0 aromatic carbocycles. The van der Waals surface area contributed by atoms with Crippen LogP contribution >= 0.6 is 0 Å². The Morgan fingerprint density at radius 1 is 1.47 bits per heavy atom. The van der Waals surface area contributed by atoms with Gasteiger partial charge in [-0.15, -0.1) is 0 Å². The van der Waals surface area contributed by atoms with Crippen molar-refractivity contribution in [2.24, 2.45) is 0 Å². The van der Waals surface area contributed by atoms with Crippen molar-refractivity contribution in [1.82, 2.24) is 9.97 Å². The van der Waals surface area contributed by atoms with E-state index in [0.29, 0.717) is 11.3 Å². The van der Waals surface area contributed by atoms with E-state index in [1.807, 2.05) is 6.07 Å². The van der Waals surface area contributed by atoms with E-state index in [-0.39, 0.29) is 11.4 Å². The Morgan fingerprint density at radius 3 is 2.87 bits per heavy atom. The molecule has 5 heteroatoms.